The molecule has 3 rings (SSSR count). The molecule has 3 aromatic heterocycles. The van der Waals surface area contributed by atoms with Gasteiger partial charge in [0.25, 0.3) is 0 Å². The van der Waals surface area contributed by atoms with Gasteiger partial charge in [0.05, 0.1) is 52.1 Å². The van der Waals surface area contributed by atoms with Gasteiger partial charge in [-0.3, -0.25) is 19.9 Å². The Morgan fingerprint density at radius 3 is 1.06 bits per heavy atom. The Hall–Kier alpha value is -1.18. The number of nitrogens with zero attached hydrogens (tertiary/aromatic N) is 4. The second kappa shape index (κ2) is 15.7. The zero-order valence-electron chi connectivity index (χ0n) is 19.1. The van der Waals surface area contributed by atoms with E-state index in [1.807, 2.05) is 0 Å². The van der Waals surface area contributed by atoms with E-state index in [0.717, 1.165) is 0 Å². The molecule has 34 heavy (non-hydrogen) atoms. The molecule has 158 valence electrons. The van der Waals surface area contributed by atoms with E-state index in [1.54, 1.807) is 23.1 Å². The van der Waals surface area contributed by atoms with Crippen LogP contribution < -0.4 is 104 Å². The Bertz CT molecular complexity index is 1010. The summed E-state index contributed by atoms with van der Waals surface area (Å²) in [6, 6.07) is 13.3. The average molecular weight is 488 g/mol. The van der Waals surface area contributed by atoms with Crippen molar-refractivity contribution in [2.24, 2.45) is 0 Å². The monoisotopic (exact) mass is 488 g/mol. The first-order valence-electron chi connectivity index (χ1n) is 9.06. The van der Waals surface area contributed by atoms with Crippen molar-refractivity contribution in [3.8, 4) is 0 Å². The molecule has 0 atom stereocenters. The zero-order chi connectivity index (χ0) is 22.4. The van der Waals surface area contributed by atoms with Crippen LogP contribution in [0.2, 0.25) is 0 Å². The van der Waals surface area contributed by atoms with Gasteiger partial charge >= 0.3 is 88.7 Å². The quantitative estimate of drug-likeness (QED) is 0.264. The van der Waals surface area contributed by atoms with Crippen molar-refractivity contribution in [1.29, 1.82) is 0 Å². The molecule has 0 radical (unpaired) electrons. The Morgan fingerprint density at radius 1 is 0.559 bits per heavy atom. The van der Waals surface area contributed by atoms with Gasteiger partial charge in [-0.25, -0.2) is 0 Å². The topological polar surface area (TPSA) is 162 Å². The van der Waals surface area contributed by atoms with Gasteiger partial charge in [-0.2, -0.15) is 0 Å². The molecular weight excluding hydrogens is 473 g/mol. The summed E-state index contributed by atoms with van der Waals surface area (Å²) in [6.45, 7) is 0.445. The first-order valence-corrected chi connectivity index (χ1v) is 9.06. The molecule has 0 bridgehead atoms. The summed E-state index contributed by atoms with van der Waals surface area (Å²) in [4.78, 5) is 47.1. The van der Waals surface area contributed by atoms with Crippen molar-refractivity contribution in [2.75, 3.05) is 0 Å². The predicted octanol–water partition coefficient (Wildman–Crippen LogP) is -10.8. The van der Waals surface area contributed by atoms with E-state index in [9.17, 15) is 29.7 Å². The van der Waals surface area contributed by atoms with Crippen LogP contribution in [0.4, 0.5) is 0 Å². The van der Waals surface area contributed by atoms with Crippen LogP contribution in [0.25, 0.3) is 0 Å². The Kier molecular flexibility index (Phi) is 15.2. The predicted molar refractivity (Wildman–Crippen MR) is 98.7 cm³/mol. The number of aromatic carboxylic acids is 3. The molecular formula is C21H15N4Na3O6. The fraction of sp³-hybridized carbons (Fsp3) is 0.143. The maximum atomic E-state index is 11.1. The number of carbonyl (C=O) groups is 3. The molecule has 0 amide bonds. The zero-order valence-corrected chi connectivity index (χ0v) is 25.1. The molecule has 0 aliphatic rings. The number of rotatable bonds is 9. The van der Waals surface area contributed by atoms with Gasteiger partial charge in [0.2, 0.25) is 0 Å². The maximum Gasteiger partial charge on any atom is 1.00 e. The molecule has 10 nitrogen and oxygen atoms in total. The van der Waals surface area contributed by atoms with E-state index in [0.29, 0.717) is 17.1 Å². The first-order chi connectivity index (χ1) is 14.8. The summed E-state index contributed by atoms with van der Waals surface area (Å²) in [6.07, 6.45) is 0. The van der Waals surface area contributed by atoms with Gasteiger partial charge in [-0.1, -0.05) is 18.2 Å². The van der Waals surface area contributed by atoms with Crippen LogP contribution in [0.15, 0.2) is 54.6 Å². The van der Waals surface area contributed by atoms with Crippen LogP contribution in [-0.4, -0.2) is 37.8 Å². The molecule has 0 saturated carbocycles. The van der Waals surface area contributed by atoms with Crippen LogP contribution in [0.5, 0.6) is 0 Å². The average Bonchev–Trinajstić information content (AvgIpc) is 2.74. The minimum atomic E-state index is -1.42. The van der Waals surface area contributed by atoms with Crippen molar-refractivity contribution >= 4 is 17.9 Å². The number of carboxylic acids is 3. The van der Waals surface area contributed by atoms with E-state index in [2.05, 4.69) is 15.0 Å². The van der Waals surface area contributed by atoms with Crippen molar-refractivity contribution in [3.05, 3.63) is 88.8 Å². The Morgan fingerprint density at radius 2 is 0.824 bits per heavy atom. The van der Waals surface area contributed by atoms with Crippen LogP contribution in [0.1, 0.15) is 48.5 Å². The standard InChI is InChI=1S/C21H18N4O6.3Na/c26-19(27)16-7-1-4-13(22-16)10-25(11-14-5-2-8-17(23-14)20(28)29)12-15-6-3-9-18(24-15)21(30)31;;;/h1-9H,10-12H2,(H,26,27)(H,28,29)(H,30,31);;;/q;3*+1/p-3. The van der Waals surface area contributed by atoms with Crippen molar-refractivity contribution in [2.45, 2.75) is 19.6 Å². The van der Waals surface area contributed by atoms with Crippen molar-refractivity contribution in [1.82, 2.24) is 19.9 Å². The SMILES string of the molecule is O=C([O-])c1cccc(CN(Cc2cccc(C(=O)[O-])n2)Cc2cccc(C(=O)[O-])n2)n1.[Na+].[Na+].[Na+]. The molecule has 0 spiro atoms. The molecule has 0 unspecified atom stereocenters. The van der Waals surface area contributed by atoms with Gasteiger partial charge < -0.3 is 29.7 Å². The number of pyridine rings is 3. The smallest absolute Gasteiger partial charge is 0.543 e. The Labute approximate surface area is 261 Å². The molecule has 3 aromatic rings. The second-order valence-electron chi connectivity index (χ2n) is 6.55. The van der Waals surface area contributed by atoms with E-state index in [1.165, 1.54) is 36.4 Å². The number of carboxylic acid groups (broad SMARTS) is 3. The van der Waals surface area contributed by atoms with E-state index in [-0.39, 0.29) is 125 Å². The number of aromatic nitrogens is 3. The third-order valence-electron chi connectivity index (χ3n) is 4.20. The Balaban J connectivity index is 0.00000363. The molecule has 0 aliphatic heterocycles. The summed E-state index contributed by atoms with van der Waals surface area (Å²) in [5.41, 5.74) is 0.543. The van der Waals surface area contributed by atoms with Gasteiger partial charge in [-0.05, 0) is 36.4 Å². The molecule has 3 heterocycles. The summed E-state index contributed by atoms with van der Waals surface area (Å²) in [5.74, 6) is -4.25. The number of hydrogen-bond acceptors (Lipinski definition) is 10. The molecule has 0 saturated heterocycles. The molecule has 13 heteroatoms. The molecule has 0 aromatic carbocycles. The summed E-state index contributed by atoms with van der Waals surface area (Å²) in [7, 11) is 0. The molecule has 0 fully saturated rings. The van der Waals surface area contributed by atoms with Gasteiger partial charge in [0.1, 0.15) is 0 Å². The fourth-order valence-electron chi connectivity index (χ4n) is 2.90. The largest absolute Gasteiger partial charge is 1.00 e. The normalized spacial score (nSPS) is 9.79. The second-order valence-corrected chi connectivity index (χ2v) is 6.55. The number of carbonyl (C=O) groups excluding carboxylic acids is 3. The first kappa shape index (κ1) is 32.8. The van der Waals surface area contributed by atoms with Crippen molar-refractivity contribution in [3.63, 3.8) is 0 Å². The van der Waals surface area contributed by atoms with Crippen LogP contribution in [-0.2, 0) is 19.6 Å². The summed E-state index contributed by atoms with van der Waals surface area (Å²) < 4.78 is 0. The van der Waals surface area contributed by atoms with Gasteiger partial charge in [-0.15, -0.1) is 0 Å². The van der Waals surface area contributed by atoms with Crippen LogP contribution in [0, 0.1) is 0 Å². The molecule has 0 aliphatic carbocycles. The minimum absolute atomic E-state index is 0. The van der Waals surface area contributed by atoms with E-state index in [4.69, 9.17) is 0 Å². The summed E-state index contributed by atoms with van der Waals surface area (Å²) in [5, 5.41) is 33.3. The fourth-order valence-corrected chi connectivity index (χ4v) is 2.90. The van der Waals surface area contributed by atoms with Crippen LogP contribution >= 0.6 is 0 Å². The minimum Gasteiger partial charge on any atom is -0.543 e. The summed E-state index contributed by atoms with van der Waals surface area (Å²) >= 11 is 0. The van der Waals surface area contributed by atoms with Gasteiger partial charge in [0.15, 0.2) is 0 Å². The van der Waals surface area contributed by atoms with Gasteiger partial charge in [0, 0.05) is 19.6 Å². The van der Waals surface area contributed by atoms with E-state index < -0.39 is 17.9 Å². The molecule has 0 N–H and O–H groups in total. The maximum absolute atomic E-state index is 11.1. The third kappa shape index (κ3) is 9.82. The van der Waals surface area contributed by atoms with Crippen LogP contribution in [0.3, 0.4) is 0 Å². The van der Waals surface area contributed by atoms with Crippen molar-refractivity contribution < 1.29 is 118 Å². The van der Waals surface area contributed by atoms with E-state index >= 15 is 0 Å². The number of hydrogen-bond donors (Lipinski definition) is 0. The third-order valence-corrected chi connectivity index (χ3v) is 4.20.